The van der Waals surface area contributed by atoms with Gasteiger partial charge in [-0.2, -0.15) is 12.2 Å². The predicted octanol–water partition coefficient (Wildman–Crippen LogP) is 4.89. The molecule has 2 N–H and O–H groups in total. The fourth-order valence-electron chi connectivity index (χ4n) is 2.24. The van der Waals surface area contributed by atoms with Crippen molar-refractivity contribution < 1.29 is 41.5 Å². The standard InChI is InChI=1S/C12H14Si.2C4H8O2.Ti/c1-13(2,11-7-3-4-8-11)12-9-5-6-10-12;2*1-2-3-4(5)6;/h3,5,7,9H,4,6H2,1-2H3;2*2-3H2,1H3,(H,5,6);/q-2;;;+2. The molecule has 0 aromatic rings. The number of aliphatic carboxylic acids is 2. The van der Waals surface area contributed by atoms with Crippen molar-refractivity contribution >= 4 is 20.0 Å². The van der Waals surface area contributed by atoms with E-state index >= 15 is 0 Å². The maximum absolute atomic E-state index is 9.60. The summed E-state index contributed by atoms with van der Waals surface area (Å²) in [6.07, 6.45) is 19.8. The van der Waals surface area contributed by atoms with E-state index in [1.54, 1.807) is 0 Å². The van der Waals surface area contributed by atoms with Crippen molar-refractivity contribution in [3.63, 3.8) is 0 Å². The largest absolute Gasteiger partial charge is 2.00 e. The summed E-state index contributed by atoms with van der Waals surface area (Å²) < 4.78 is 0. The molecule has 4 nitrogen and oxygen atoms in total. The van der Waals surface area contributed by atoms with Gasteiger partial charge in [0.1, 0.15) is 0 Å². The molecule has 0 bridgehead atoms. The van der Waals surface area contributed by atoms with Crippen LogP contribution in [-0.2, 0) is 31.3 Å². The summed E-state index contributed by atoms with van der Waals surface area (Å²) in [6.45, 7) is 8.44. The van der Waals surface area contributed by atoms with Crippen molar-refractivity contribution in [2.24, 2.45) is 0 Å². The van der Waals surface area contributed by atoms with Crippen LogP contribution in [0.25, 0.3) is 0 Å². The van der Waals surface area contributed by atoms with E-state index in [1.807, 2.05) is 13.8 Å². The van der Waals surface area contributed by atoms with Crippen molar-refractivity contribution in [3.8, 4) is 0 Å². The van der Waals surface area contributed by atoms with Crippen LogP contribution in [0, 0.1) is 12.2 Å². The molecule has 2 aliphatic rings. The van der Waals surface area contributed by atoms with Crippen molar-refractivity contribution in [2.75, 3.05) is 0 Å². The zero-order valence-corrected chi connectivity index (χ0v) is 18.8. The van der Waals surface area contributed by atoms with E-state index in [2.05, 4.69) is 49.6 Å². The Bertz CT molecular complexity index is 512. The minimum Gasteiger partial charge on any atom is -0.481 e. The van der Waals surface area contributed by atoms with Gasteiger partial charge in [0.05, 0.1) is 0 Å². The monoisotopic (exact) mass is 410 g/mol. The molecular formula is C20H30O4SiTi. The molecule has 0 aromatic carbocycles. The molecule has 0 atom stereocenters. The molecule has 0 amide bonds. The molecule has 0 aliphatic heterocycles. The van der Waals surface area contributed by atoms with Crippen molar-refractivity contribution in [1.29, 1.82) is 0 Å². The summed E-state index contributed by atoms with van der Waals surface area (Å²) in [4.78, 5) is 19.2. The summed E-state index contributed by atoms with van der Waals surface area (Å²) >= 11 is 0. The number of hydrogen-bond acceptors (Lipinski definition) is 2. The normalized spacial score (nSPS) is 14.2. The zero-order valence-electron chi connectivity index (χ0n) is 16.3. The first-order valence-electron chi connectivity index (χ1n) is 8.74. The second-order valence-corrected chi connectivity index (χ2v) is 10.6. The van der Waals surface area contributed by atoms with Crippen LogP contribution >= 0.6 is 0 Å². The Morgan fingerprint density at radius 2 is 1.27 bits per heavy atom. The minimum absolute atomic E-state index is 0. The first kappa shape index (κ1) is 27.1. The summed E-state index contributed by atoms with van der Waals surface area (Å²) in [7, 11) is -1.40. The molecule has 0 fully saturated rings. The second-order valence-electron chi connectivity index (χ2n) is 6.31. The predicted molar refractivity (Wildman–Crippen MR) is 104 cm³/mol. The molecule has 0 saturated carbocycles. The molecule has 6 heteroatoms. The first-order valence-corrected chi connectivity index (χ1v) is 11.7. The molecule has 0 unspecified atom stereocenters. The van der Waals surface area contributed by atoms with Gasteiger partial charge in [0.2, 0.25) is 0 Å². The van der Waals surface area contributed by atoms with E-state index < -0.39 is 20.0 Å². The van der Waals surface area contributed by atoms with Gasteiger partial charge in [-0.1, -0.05) is 26.9 Å². The summed E-state index contributed by atoms with van der Waals surface area (Å²) in [6, 6.07) is 0. The van der Waals surface area contributed by atoms with Gasteiger partial charge in [0.15, 0.2) is 0 Å². The molecule has 0 saturated heterocycles. The quantitative estimate of drug-likeness (QED) is 0.483. The van der Waals surface area contributed by atoms with Crippen LogP contribution in [0.15, 0.2) is 34.7 Å². The maximum Gasteiger partial charge on any atom is 2.00 e. The van der Waals surface area contributed by atoms with E-state index in [4.69, 9.17) is 10.2 Å². The molecule has 0 aromatic heterocycles. The average molecular weight is 410 g/mol. The average Bonchev–Trinajstić information content (AvgIpc) is 3.23. The van der Waals surface area contributed by atoms with Gasteiger partial charge >= 0.3 is 33.7 Å². The fourth-order valence-corrected chi connectivity index (χ4v) is 4.69. The minimum atomic E-state index is -1.40. The van der Waals surface area contributed by atoms with Crippen molar-refractivity contribution in [2.45, 2.75) is 65.5 Å². The van der Waals surface area contributed by atoms with Crippen LogP contribution in [0.5, 0.6) is 0 Å². The van der Waals surface area contributed by atoms with E-state index in [-0.39, 0.29) is 21.7 Å². The van der Waals surface area contributed by atoms with E-state index in [0.29, 0.717) is 12.8 Å². The van der Waals surface area contributed by atoms with Crippen LogP contribution in [0.3, 0.4) is 0 Å². The Balaban J connectivity index is 0. The van der Waals surface area contributed by atoms with Crippen LogP contribution in [0.2, 0.25) is 13.1 Å². The number of hydrogen-bond donors (Lipinski definition) is 2. The smallest absolute Gasteiger partial charge is 0.481 e. The van der Waals surface area contributed by atoms with Gasteiger partial charge in [0, 0.05) is 20.9 Å². The molecule has 2 aliphatic carbocycles. The van der Waals surface area contributed by atoms with Crippen LogP contribution < -0.4 is 0 Å². The Morgan fingerprint density at radius 1 is 0.923 bits per heavy atom. The summed E-state index contributed by atoms with van der Waals surface area (Å²) in [5, 5.41) is 18.7. The fraction of sp³-hybridized carbons (Fsp3) is 0.500. The Hall–Kier alpha value is -1.17. The number of carbonyl (C=O) groups is 2. The summed E-state index contributed by atoms with van der Waals surface area (Å²) in [5.41, 5.74) is 0. The second kappa shape index (κ2) is 14.9. The topological polar surface area (TPSA) is 74.6 Å². The molecule has 0 spiro atoms. The Morgan fingerprint density at radius 3 is 1.42 bits per heavy atom. The number of carboxylic acids is 2. The molecule has 0 heterocycles. The molecule has 2 rings (SSSR count). The van der Waals surface area contributed by atoms with Crippen LogP contribution in [0.1, 0.15) is 52.4 Å². The van der Waals surface area contributed by atoms with Gasteiger partial charge in [-0.25, -0.2) is 22.5 Å². The maximum atomic E-state index is 9.60. The molecule has 26 heavy (non-hydrogen) atoms. The molecule has 142 valence electrons. The number of carboxylic acid groups (broad SMARTS) is 2. The first-order chi connectivity index (χ1) is 11.8. The SMILES string of the molecule is CCCC(=O)O.CCCC(=O)O.C[Si](C)(C1=[C-]CC=C1)C1=[C-]CC=C1.[Ti+2]. The molecular weight excluding hydrogens is 380 g/mol. The van der Waals surface area contributed by atoms with Gasteiger partial charge in [0.25, 0.3) is 0 Å². The van der Waals surface area contributed by atoms with E-state index in [0.717, 1.165) is 25.7 Å². The van der Waals surface area contributed by atoms with Crippen LogP contribution in [-0.4, -0.2) is 30.2 Å². The summed E-state index contributed by atoms with van der Waals surface area (Å²) in [5.74, 6) is -1.42. The number of allylic oxidation sites excluding steroid dienone is 8. The van der Waals surface area contributed by atoms with Crippen molar-refractivity contribution in [3.05, 3.63) is 46.8 Å². The van der Waals surface area contributed by atoms with Gasteiger partial charge in [-0.15, -0.1) is 12.8 Å². The molecule has 0 radical (unpaired) electrons. The van der Waals surface area contributed by atoms with Gasteiger partial charge in [-0.05, 0) is 12.8 Å². The van der Waals surface area contributed by atoms with Gasteiger partial charge in [-0.3, -0.25) is 21.7 Å². The van der Waals surface area contributed by atoms with Gasteiger partial charge < -0.3 is 10.2 Å². The third kappa shape index (κ3) is 11.4. The van der Waals surface area contributed by atoms with E-state index in [1.165, 1.54) is 10.4 Å². The Labute approximate surface area is 173 Å². The zero-order chi connectivity index (χ0) is 19.3. The van der Waals surface area contributed by atoms with E-state index in [9.17, 15) is 9.59 Å². The third-order valence-electron chi connectivity index (χ3n) is 3.66. The number of rotatable bonds is 6. The van der Waals surface area contributed by atoms with Crippen LogP contribution in [0.4, 0.5) is 0 Å². The van der Waals surface area contributed by atoms with Crippen molar-refractivity contribution in [1.82, 2.24) is 0 Å². The third-order valence-corrected chi connectivity index (χ3v) is 7.04. The Kier molecular flexibility index (Phi) is 15.6.